The number of methoxy groups -OCH3 is 2. The zero-order chi connectivity index (χ0) is 13.6. The van der Waals surface area contributed by atoms with Crippen molar-refractivity contribution in [3.8, 4) is 0 Å². The molecule has 0 aromatic carbocycles. The van der Waals surface area contributed by atoms with Gasteiger partial charge in [-0.05, 0) is 13.3 Å². The summed E-state index contributed by atoms with van der Waals surface area (Å²) in [4.78, 5) is 4.14. The van der Waals surface area contributed by atoms with Gasteiger partial charge in [-0.15, -0.1) is 24.0 Å². The lowest BCUT2D eigenvalue weighted by Crippen LogP contribution is -2.44. The molecule has 0 spiro atoms. The number of aliphatic imine (C=N–C) groups is 1. The molecule has 0 bridgehead atoms. The van der Waals surface area contributed by atoms with Gasteiger partial charge in [0.1, 0.15) is 0 Å². The largest absolute Gasteiger partial charge is 0.383 e. The van der Waals surface area contributed by atoms with E-state index in [1.165, 1.54) is 0 Å². The minimum Gasteiger partial charge on any atom is -0.383 e. The van der Waals surface area contributed by atoms with E-state index in [0.29, 0.717) is 19.8 Å². The molecule has 1 atom stereocenters. The van der Waals surface area contributed by atoms with Crippen LogP contribution in [0.2, 0.25) is 0 Å². The molecule has 0 amide bonds. The fourth-order valence-corrected chi connectivity index (χ4v) is 1.35. The van der Waals surface area contributed by atoms with Crippen LogP contribution >= 0.6 is 24.0 Å². The zero-order valence-electron chi connectivity index (χ0n) is 12.4. The summed E-state index contributed by atoms with van der Waals surface area (Å²) < 4.78 is 15.3. The van der Waals surface area contributed by atoms with Crippen molar-refractivity contribution in [3.63, 3.8) is 0 Å². The Balaban J connectivity index is 0. The van der Waals surface area contributed by atoms with E-state index in [4.69, 9.17) is 14.2 Å². The summed E-state index contributed by atoms with van der Waals surface area (Å²) >= 11 is 0. The Morgan fingerprint density at radius 1 is 1.16 bits per heavy atom. The first kappa shape index (κ1) is 21.2. The lowest BCUT2D eigenvalue weighted by molar-refractivity contribution is 0.0698. The lowest BCUT2D eigenvalue weighted by Gasteiger charge is -2.17. The van der Waals surface area contributed by atoms with Gasteiger partial charge >= 0.3 is 0 Å². The van der Waals surface area contributed by atoms with Gasteiger partial charge in [0.05, 0.1) is 19.8 Å². The molecular formula is C12H28IN3O3. The molecule has 0 saturated heterocycles. The van der Waals surface area contributed by atoms with Crippen LogP contribution in [-0.2, 0) is 14.2 Å². The van der Waals surface area contributed by atoms with Crippen LogP contribution in [0.15, 0.2) is 4.99 Å². The van der Waals surface area contributed by atoms with Gasteiger partial charge in [0.2, 0.25) is 0 Å². The summed E-state index contributed by atoms with van der Waals surface area (Å²) in [5.74, 6) is 0.788. The Hall–Kier alpha value is -0.120. The van der Waals surface area contributed by atoms with Crippen LogP contribution in [0.3, 0.4) is 0 Å². The summed E-state index contributed by atoms with van der Waals surface area (Å²) in [6, 6.07) is 0.235. The Kier molecular flexibility index (Phi) is 17.8. The maximum absolute atomic E-state index is 5.36. The molecule has 0 rings (SSSR count). The fourth-order valence-electron chi connectivity index (χ4n) is 1.35. The standard InChI is InChI=1S/C12H27N3O3.HI/c1-11(10-17-4)15-12(13-2)14-6-5-7-18-9-8-16-3;/h11H,5-10H2,1-4H3,(H2,13,14,15);1H. The van der Waals surface area contributed by atoms with E-state index in [-0.39, 0.29) is 30.0 Å². The molecule has 0 saturated carbocycles. The number of rotatable bonds is 10. The van der Waals surface area contributed by atoms with E-state index in [9.17, 15) is 0 Å². The molecular weight excluding hydrogens is 361 g/mol. The summed E-state index contributed by atoms with van der Waals surface area (Å²) in [5, 5.41) is 6.45. The number of nitrogens with one attached hydrogen (secondary N) is 2. The first-order valence-corrected chi connectivity index (χ1v) is 6.27. The maximum atomic E-state index is 5.36. The first-order valence-electron chi connectivity index (χ1n) is 6.27. The quantitative estimate of drug-likeness (QED) is 0.251. The van der Waals surface area contributed by atoms with Crippen LogP contribution in [-0.4, -0.2) is 66.2 Å². The molecule has 0 radical (unpaired) electrons. The number of nitrogens with zero attached hydrogens (tertiary/aromatic N) is 1. The van der Waals surface area contributed by atoms with E-state index < -0.39 is 0 Å². The van der Waals surface area contributed by atoms with Crippen LogP contribution in [0.25, 0.3) is 0 Å². The highest BCUT2D eigenvalue weighted by Crippen LogP contribution is 1.85. The summed E-state index contributed by atoms with van der Waals surface area (Å²) in [5.41, 5.74) is 0. The zero-order valence-corrected chi connectivity index (χ0v) is 14.7. The highest BCUT2D eigenvalue weighted by atomic mass is 127. The third kappa shape index (κ3) is 14.1. The van der Waals surface area contributed by atoms with Crippen LogP contribution in [0.1, 0.15) is 13.3 Å². The average molecular weight is 389 g/mol. The molecule has 0 aliphatic carbocycles. The smallest absolute Gasteiger partial charge is 0.191 e. The lowest BCUT2D eigenvalue weighted by atomic mass is 10.4. The SMILES string of the molecule is CN=C(NCCCOCCOC)NC(C)COC.I. The van der Waals surface area contributed by atoms with Crippen molar-refractivity contribution in [2.24, 2.45) is 4.99 Å². The second kappa shape index (κ2) is 15.9. The average Bonchev–Trinajstić information content (AvgIpc) is 2.36. The molecule has 19 heavy (non-hydrogen) atoms. The van der Waals surface area contributed by atoms with Gasteiger partial charge < -0.3 is 24.8 Å². The molecule has 0 fully saturated rings. The number of hydrogen-bond acceptors (Lipinski definition) is 4. The highest BCUT2D eigenvalue weighted by molar-refractivity contribution is 14.0. The van der Waals surface area contributed by atoms with Crippen molar-refractivity contribution in [3.05, 3.63) is 0 Å². The molecule has 0 heterocycles. The van der Waals surface area contributed by atoms with Crippen molar-refractivity contribution in [2.45, 2.75) is 19.4 Å². The Morgan fingerprint density at radius 2 is 1.89 bits per heavy atom. The van der Waals surface area contributed by atoms with E-state index >= 15 is 0 Å². The van der Waals surface area contributed by atoms with Crippen LogP contribution in [0, 0.1) is 0 Å². The van der Waals surface area contributed by atoms with Gasteiger partial charge in [-0.3, -0.25) is 4.99 Å². The summed E-state index contributed by atoms with van der Waals surface area (Å²) in [7, 11) is 5.11. The maximum Gasteiger partial charge on any atom is 0.191 e. The van der Waals surface area contributed by atoms with Crippen molar-refractivity contribution in [1.29, 1.82) is 0 Å². The molecule has 0 aliphatic heterocycles. The van der Waals surface area contributed by atoms with E-state index in [0.717, 1.165) is 25.5 Å². The number of ether oxygens (including phenoxy) is 3. The third-order valence-corrected chi connectivity index (χ3v) is 2.21. The molecule has 116 valence electrons. The molecule has 7 heteroatoms. The van der Waals surface area contributed by atoms with Crippen molar-refractivity contribution >= 4 is 29.9 Å². The predicted octanol–water partition coefficient (Wildman–Crippen LogP) is 0.857. The van der Waals surface area contributed by atoms with Gasteiger partial charge in [0.15, 0.2) is 5.96 Å². The van der Waals surface area contributed by atoms with Crippen LogP contribution in [0.5, 0.6) is 0 Å². The van der Waals surface area contributed by atoms with Gasteiger partial charge in [-0.1, -0.05) is 0 Å². The van der Waals surface area contributed by atoms with Crippen molar-refractivity contribution in [2.75, 3.05) is 54.2 Å². The molecule has 6 nitrogen and oxygen atoms in total. The normalized spacial score (nSPS) is 12.7. The van der Waals surface area contributed by atoms with Gasteiger partial charge in [0.25, 0.3) is 0 Å². The second-order valence-corrected chi connectivity index (χ2v) is 3.96. The molecule has 0 aromatic heterocycles. The highest BCUT2D eigenvalue weighted by Gasteiger charge is 2.03. The Bertz CT molecular complexity index is 218. The summed E-state index contributed by atoms with van der Waals surface area (Å²) in [6.45, 7) is 5.54. The van der Waals surface area contributed by atoms with Gasteiger partial charge in [-0.25, -0.2) is 0 Å². The molecule has 0 aromatic rings. The van der Waals surface area contributed by atoms with E-state index in [2.05, 4.69) is 15.6 Å². The van der Waals surface area contributed by atoms with E-state index in [1.54, 1.807) is 21.3 Å². The predicted molar refractivity (Wildman–Crippen MR) is 88.6 cm³/mol. The monoisotopic (exact) mass is 389 g/mol. The summed E-state index contributed by atoms with van der Waals surface area (Å²) in [6.07, 6.45) is 0.934. The number of guanidine groups is 1. The van der Waals surface area contributed by atoms with Crippen LogP contribution < -0.4 is 10.6 Å². The van der Waals surface area contributed by atoms with Crippen molar-refractivity contribution in [1.82, 2.24) is 10.6 Å². The van der Waals surface area contributed by atoms with Gasteiger partial charge in [-0.2, -0.15) is 0 Å². The molecule has 0 aliphatic rings. The molecule has 1 unspecified atom stereocenters. The van der Waals surface area contributed by atoms with E-state index in [1.807, 2.05) is 6.92 Å². The number of halogens is 1. The van der Waals surface area contributed by atoms with Gasteiger partial charge in [0, 0.05) is 40.5 Å². The minimum atomic E-state index is 0. The molecule has 2 N–H and O–H groups in total. The van der Waals surface area contributed by atoms with Crippen LogP contribution in [0.4, 0.5) is 0 Å². The number of hydrogen-bond donors (Lipinski definition) is 2. The minimum absolute atomic E-state index is 0. The Morgan fingerprint density at radius 3 is 2.47 bits per heavy atom. The van der Waals surface area contributed by atoms with Crippen molar-refractivity contribution < 1.29 is 14.2 Å². The second-order valence-electron chi connectivity index (χ2n) is 3.96. The fraction of sp³-hybridized carbons (Fsp3) is 0.917. The third-order valence-electron chi connectivity index (χ3n) is 2.21. The topological polar surface area (TPSA) is 64.1 Å². The first-order chi connectivity index (χ1) is 8.74. The Labute approximate surface area is 133 Å².